The Kier molecular flexibility index (Phi) is 15.6. The molecule has 3 aliphatic rings. The summed E-state index contributed by atoms with van der Waals surface area (Å²) < 4.78 is 35.6. The number of hydrogen-bond acceptors (Lipinski definition) is 16. The molecule has 3 aliphatic carbocycles. The molecule has 0 aromatic heterocycles. The summed E-state index contributed by atoms with van der Waals surface area (Å²) in [7, 11) is 0. The van der Waals surface area contributed by atoms with Crippen LogP contribution >= 0.6 is 0 Å². The Morgan fingerprint density at radius 2 is 1.33 bits per heavy atom. The fraction of sp³-hybridized carbons (Fsp3) is 0.364. The number of ketones is 1. The molecule has 0 saturated heterocycles. The van der Waals surface area contributed by atoms with Gasteiger partial charge in [-0.3, -0.25) is 19.2 Å². The summed E-state index contributed by atoms with van der Waals surface area (Å²) in [5, 5.41) is 39.2. The van der Waals surface area contributed by atoms with Crippen molar-refractivity contribution < 1.29 is 77.3 Å². The van der Waals surface area contributed by atoms with Crippen molar-refractivity contribution in [1.82, 2.24) is 5.32 Å². The molecule has 0 spiro atoms. The van der Waals surface area contributed by atoms with E-state index >= 15 is 9.59 Å². The van der Waals surface area contributed by atoms with E-state index in [4.69, 9.17) is 28.4 Å². The molecule has 11 atom stereocenters. The number of esters is 4. The van der Waals surface area contributed by atoms with E-state index in [9.17, 15) is 39.3 Å². The smallest absolute Gasteiger partial charge is 0.459 e. The van der Waals surface area contributed by atoms with Crippen LogP contribution in [0.25, 0.3) is 0 Å². The zero-order chi connectivity index (χ0) is 52.1. The van der Waals surface area contributed by atoms with Gasteiger partial charge in [-0.2, -0.15) is 0 Å². The van der Waals surface area contributed by atoms with Gasteiger partial charge in [0, 0.05) is 38.2 Å². The molecule has 2 fully saturated rings. The molecule has 4 aromatic carbocycles. The van der Waals surface area contributed by atoms with Gasteiger partial charge < -0.3 is 49.1 Å². The predicted molar refractivity (Wildman–Crippen MR) is 255 cm³/mol. The van der Waals surface area contributed by atoms with Crippen LogP contribution in [0.3, 0.4) is 0 Å². The lowest BCUT2D eigenvalue weighted by Crippen LogP contribution is -2.72. The van der Waals surface area contributed by atoms with Crippen molar-refractivity contribution in [2.45, 2.75) is 102 Å². The maximum atomic E-state index is 15.6. The summed E-state index contributed by atoms with van der Waals surface area (Å²) >= 11 is 0. The summed E-state index contributed by atoms with van der Waals surface area (Å²) in [6, 6.07) is 31.1. The van der Waals surface area contributed by atoms with E-state index in [0.29, 0.717) is 11.1 Å². The van der Waals surface area contributed by atoms with Crippen molar-refractivity contribution in [2.75, 3.05) is 6.61 Å². The van der Waals surface area contributed by atoms with Gasteiger partial charge in [-0.05, 0) is 67.3 Å². The fourth-order valence-corrected chi connectivity index (χ4v) is 10.6. The number of hydrogen-bond donors (Lipinski definition) is 4. The van der Waals surface area contributed by atoms with E-state index in [1.165, 1.54) is 32.9 Å². The van der Waals surface area contributed by atoms with Crippen LogP contribution in [0.5, 0.6) is 0 Å². The molecule has 4 N–H and O–H groups in total. The molecule has 7 rings (SSSR count). The standard InChI is InChI=1S/C55H57NO16/c1-31(2)54-28-39(70-51(64)45(71-52(65)67-29-35-19-11-7-12-20-35)43(36-21-13-8-14-22-36)56-49(62)37-23-15-9-16-24-37)32(3)42(54)44(69-34(5)59)47(61)53(6)40(60)27-41(68-33(4)58)55(66,30-57)46(53)48(54)72-50(63)38-25-17-10-18-26-38/h7-26,39-41,43-46,48,57,60,66H,1,27-30H2,2-6H3,(H,56,62)/t39-,40-,41-,43-,44+,45+,46-,48-,53+,54-,55-/m0/s1. The molecular weight excluding hydrogens is 931 g/mol. The number of Topliss-reactive ketones (excluding diaryl/α,β-unsaturated/α-hetero) is 1. The number of rotatable bonds is 15. The number of carbonyl (C=O) groups excluding carboxylic acids is 7. The van der Waals surface area contributed by atoms with Gasteiger partial charge in [0.15, 0.2) is 11.9 Å². The largest absolute Gasteiger partial charge is 0.509 e. The van der Waals surface area contributed by atoms with Crippen LogP contribution in [-0.2, 0) is 54.2 Å². The Bertz CT molecular complexity index is 2730. The Hall–Kier alpha value is -7.47. The van der Waals surface area contributed by atoms with Crippen molar-refractivity contribution in [3.63, 3.8) is 0 Å². The van der Waals surface area contributed by atoms with Crippen LogP contribution in [0.1, 0.15) is 85.3 Å². The van der Waals surface area contributed by atoms with Crippen LogP contribution in [0.4, 0.5) is 4.79 Å². The summed E-state index contributed by atoms with van der Waals surface area (Å²) in [5.41, 5.74) is -5.68. The minimum absolute atomic E-state index is 0.00970. The van der Waals surface area contributed by atoms with Crippen molar-refractivity contribution in [2.24, 2.45) is 16.7 Å². The minimum Gasteiger partial charge on any atom is -0.459 e. The highest BCUT2D eigenvalue weighted by Gasteiger charge is 2.75. The van der Waals surface area contributed by atoms with Gasteiger partial charge in [0.2, 0.25) is 6.10 Å². The Morgan fingerprint density at radius 3 is 1.89 bits per heavy atom. The van der Waals surface area contributed by atoms with E-state index in [-0.39, 0.29) is 34.5 Å². The molecule has 0 bridgehead atoms. The fourth-order valence-electron chi connectivity index (χ4n) is 10.6. The molecule has 1 amide bonds. The third-order valence-electron chi connectivity index (χ3n) is 14.1. The zero-order valence-corrected chi connectivity index (χ0v) is 40.4. The second-order valence-electron chi connectivity index (χ2n) is 18.6. The van der Waals surface area contributed by atoms with Gasteiger partial charge in [-0.25, -0.2) is 14.4 Å². The van der Waals surface area contributed by atoms with Gasteiger partial charge in [-0.1, -0.05) is 109 Å². The molecule has 72 heavy (non-hydrogen) atoms. The normalized spacial score (nSPS) is 27.3. The third kappa shape index (κ3) is 10.0. The lowest BCUT2D eigenvalue weighted by atomic mass is 9.52. The molecule has 2 saturated carbocycles. The first-order chi connectivity index (χ1) is 34.3. The number of aliphatic hydroxyl groups is 3. The Balaban J connectivity index is 1.40. The molecule has 0 radical (unpaired) electrons. The third-order valence-corrected chi connectivity index (χ3v) is 14.1. The highest BCUT2D eigenvalue weighted by atomic mass is 16.7. The number of amides is 1. The maximum absolute atomic E-state index is 15.6. The van der Waals surface area contributed by atoms with Gasteiger partial charge in [-0.15, -0.1) is 0 Å². The van der Waals surface area contributed by atoms with E-state index in [0.717, 1.165) is 13.8 Å². The van der Waals surface area contributed by atoms with Crippen molar-refractivity contribution in [3.05, 3.63) is 167 Å². The molecular formula is C55H57NO16. The molecule has 17 heteroatoms. The predicted octanol–water partition coefficient (Wildman–Crippen LogP) is 5.86. The highest BCUT2D eigenvalue weighted by Crippen LogP contribution is 2.64. The van der Waals surface area contributed by atoms with Gasteiger partial charge in [0.05, 0.1) is 29.1 Å². The molecule has 0 unspecified atom stereocenters. The molecule has 4 aromatic rings. The minimum atomic E-state index is -2.67. The van der Waals surface area contributed by atoms with Crippen molar-refractivity contribution >= 4 is 41.7 Å². The second kappa shape index (κ2) is 21.5. The lowest BCUT2D eigenvalue weighted by molar-refractivity contribution is -0.257. The first kappa shape index (κ1) is 52.4. The van der Waals surface area contributed by atoms with Crippen LogP contribution in [-0.4, -0.2) is 106 Å². The SMILES string of the molecule is C=C(C)[C@@]12C[C@H](OC(=O)[C@H](OC(=O)OCc3ccccc3)[C@@H](NC(=O)c3ccccc3)c3ccccc3)C(C)=C1[C@@H](OC(C)=O)C(=O)[C@@]1(C)[C@H]([C@@H]2OC(=O)c2ccccc2)[C@](O)(CO)[C@@H](OC(C)=O)C[C@@H]1O. The van der Waals surface area contributed by atoms with Gasteiger partial charge in [0.25, 0.3) is 5.91 Å². The number of aliphatic hydroxyl groups excluding tert-OH is 2. The van der Waals surface area contributed by atoms with Gasteiger partial charge in [0.1, 0.15) is 36.6 Å². The van der Waals surface area contributed by atoms with Crippen LogP contribution in [0.15, 0.2) is 145 Å². The van der Waals surface area contributed by atoms with Crippen LogP contribution in [0.2, 0.25) is 0 Å². The zero-order valence-electron chi connectivity index (χ0n) is 40.4. The number of fused-ring (bicyclic) bond motifs is 2. The lowest BCUT2D eigenvalue weighted by Gasteiger charge is -2.57. The summed E-state index contributed by atoms with van der Waals surface area (Å²) in [6.45, 7) is 9.18. The van der Waals surface area contributed by atoms with Gasteiger partial charge >= 0.3 is 30.0 Å². The van der Waals surface area contributed by atoms with E-state index in [1.807, 2.05) is 0 Å². The monoisotopic (exact) mass is 987 g/mol. The summed E-state index contributed by atoms with van der Waals surface area (Å²) in [6.07, 6.45) is -13.1. The average Bonchev–Trinajstić information content (AvgIpc) is 3.63. The first-order valence-corrected chi connectivity index (χ1v) is 23.3. The van der Waals surface area contributed by atoms with E-state index in [2.05, 4.69) is 11.9 Å². The molecule has 17 nitrogen and oxygen atoms in total. The quantitative estimate of drug-likeness (QED) is 0.0619. The second-order valence-corrected chi connectivity index (χ2v) is 18.6. The summed E-state index contributed by atoms with van der Waals surface area (Å²) in [5.74, 6) is -7.64. The number of nitrogens with one attached hydrogen (secondary N) is 1. The van der Waals surface area contributed by atoms with Crippen molar-refractivity contribution in [3.8, 4) is 0 Å². The molecule has 378 valence electrons. The van der Waals surface area contributed by atoms with E-state index < -0.39 is 126 Å². The Morgan fingerprint density at radius 1 is 0.778 bits per heavy atom. The molecule has 0 heterocycles. The number of benzene rings is 4. The van der Waals surface area contributed by atoms with Crippen LogP contribution < -0.4 is 5.32 Å². The molecule has 0 aliphatic heterocycles. The Labute approximate surface area is 415 Å². The number of carbonyl (C=O) groups is 7. The van der Waals surface area contributed by atoms with Crippen LogP contribution in [0, 0.1) is 16.7 Å². The first-order valence-electron chi connectivity index (χ1n) is 23.3. The topological polar surface area (TPSA) is 248 Å². The van der Waals surface area contributed by atoms with E-state index in [1.54, 1.807) is 109 Å². The average molecular weight is 988 g/mol. The maximum Gasteiger partial charge on any atom is 0.509 e. The summed E-state index contributed by atoms with van der Waals surface area (Å²) in [4.78, 5) is 98.7. The van der Waals surface area contributed by atoms with Crippen molar-refractivity contribution in [1.29, 1.82) is 0 Å². The highest BCUT2D eigenvalue weighted by molar-refractivity contribution is 5.97. The number of ether oxygens (including phenoxy) is 6.